The van der Waals surface area contributed by atoms with Gasteiger partial charge in [-0.25, -0.2) is 15.0 Å². The van der Waals surface area contributed by atoms with Crippen LogP contribution in [0, 0.1) is 0 Å². The van der Waals surface area contributed by atoms with Gasteiger partial charge in [0.05, 0.1) is 12.9 Å². The van der Waals surface area contributed by atoms with E-state index < -0.39 is 31.1 Å². The lowest BCUT2D eigenvalue weighted by Gasteiger charge is -2.16. The Morgan fingerprint density at radius 1 is 1.36 bits per heavy atom. The van der Waals surface area contributed by atoms with Crippen molar-refractivity contribution in [2.24, 2.45) is 0 Å². The zero-order valence-corrected chi connectivity index (χ0v) is 15.2. The lowest BCUT2D eigenvalue weighted by atomic mass is 10.1. The summed E-state index contributed by atoms with van der Waals surface area (Å²) in [5.41, 5.74) is 6.44. The first-order valence-electron chi connectivity index (χ1n) is 7.33. The van der Waals surface area contributed by atoms with Gasteiger partial charge in [-0.2, -0.15) is 0 Å². The number of fused-ring (bicyclic) bond motifs is 1. The number of hydrogen-bond acceptors (Lipinski definition) is 9. The number of amides is 1. The number of nitrogens with one attached hydrogen (secondary N) is 1. The van der Waals surface area contributed by atoms with Gasteiger partial charge in [0.2, 0.25) is 6.41 Å². The minimum Gasteiger partial charge on any atom is -0.394 e. The molecule has 1 amide bonds. The largest absolute Gasteiger partial charge is 0.394 e. The zero-order valence-electron chi connectivity index (χ0n) is 13.1. The van der Waals surface area contributed by atoms with Gasteiger partial charge >= 0.3 is 0 Å². The number of carbonyl (C=O) groups is 1. The van der Waals surface area contributed by atoms with E-state index in [1.54, 1.807) is 0 Å². The molecule has 0 radical (unpaired) electrons. The molecule has 2 aromatic heterocycles. The van der Waals surface area contributed by atoms with E-state index in [2.05, 4.69) is 42.9 Å². The Kier molecular flexibility index (Phi) is 7.24. The number of rotatable bonds is 5. The van der Waals surface area contributed by atoms with Crippen LogP contribution in [0.1, 0.15) is 6.23 Å². The summed E-state index contributed by atoms with van der Waals surface area (Å²) < 4.78 is 7.84. The number of alkyl halides is 1. The molecule has 0 aromatic carbocycles. The number of imidazole rings is 1. The molecule has 2 aromatic rings. The van der Waals surface area contributed by atoms with Gasteiger partial charge in [-0.3, -0.25) is 9.36 Å². The molecule has 4 atom stereocenters. The van der Waals surface area contributed by atoms with Crippen molar-refractivity contribution in [3.05, 3.63) is 12.7 Å². The van der Waals surface area contributed by atoms with E-state index >= 15 is 0 Å². The van der Waals surface area contributed by atoms with Crippen molar-refractivity contribution in [3.63, 3.8) is 0 Å². The van der Waals surface area contributed by atoms with E-state index in [4.69, 9.17) is 15.6 Å². The number of anilines is 1. The van der Waals surface area contributed by atoms with E-state index in [1.165, 1.54) is 17.2 Å². The van der Waals surface area contributed by atoms with E-state index in [9.17, 15) is 15.0 Å². The maximum Gasteiger partial charge on any atom is 0.207 e. The van der Waals surface area contributed by atoms with Gasteiger partial charge in [0, 0.05) is 11.0 Å². The first-order valence-corrected chi connectivity index (χ1v) is 8.86. The highest BCUT2D eigenvalue weighted by molar-refractivity contribution is 14.1. The third-order valence-electron chi connectivity index (χ3n) is 3.50. The third kappa shape index (κ3) is 4.33. The molecular weight excluding hydrogens is 447 g/mol. The van der Waals surface area contributed by atoms with Gasteiger partial charge in [0.15, 0.2) is 17.7 Å². The lowest BCUT2D eigenvalue weighted by molar-refractivity contribution is -0.109. The Hall–Kier alpha value is -1.61. The van der Waals surface area contributed by atoms with Crippen LogP contribution in [-0.2, 0) is 9.53 Å². The molecule has 1 aliphatic heterocycles. The van der Waals surface area contributed by atoms with E-state index in [0.717, 1.165) is 11.0 Å². The Morgan fingerprint density at radius 2 is 2.12 bits per heavy atom. The van der Waals surface area contributed by atoms with Crippen molar-refractivity contribution in [1.82, 2.24) is 24.8 Å². The smallest absolute Gasteiger partial charge is 0.207 e. The molecule has 25 heavy (non-hydrogen) atoms. The number of carbonyl (C=O) groups excluding carboxylic acids is 1. The molecule has 0 aliphatic carbocycles. The van der Waals surface area contributed by atoms with Gasteiger partial charge in [0.1, 0.15) is 30.2 Å². The molecule has 3 heterocycles. The lowest BCUT2D eigenvalue weighted by Crippen LogP contribution is -2.33. The molecule has 11 nitrogen and oxygen atoms in total. The SMILES string of the molecule is Nc1ncnc2c1ncn2[C@@H]1O[C@H](CO)[C@@H](O)[C@H]1O.O=CNCCI. The molecule has 0 spiro atoms. The average molecular weight is 466 g/mol. The number of nitrogen functional groups attached to an aromatic ring is 1. The summed E-state index contributed by atoms with van der Waals surface area (Å²) in [4.78, 5) is 21.3. The van der Waals surface area contributed by atoms with E-state index in [0.29, 0.717) is 17.6 Å². The maximum absolute atomic E-state index is 9.95. The number of aliphatic hydroxyl groups is 3. The Bertz CT molecular complexity index is 701. The molecular formula is C13H19IN6O5. The van der Waals surface area contributed by atoms with Crippen molar-refractivity contribution in [3.8, 4) is 0 Å². The summed E-state index contributed by atoms with van der Waals surface area (Å²) in [6, 6.07) is 0. The summed E-state index contributed by atoms with van der Waals surface area (Å²) in [6.45, 7) is 0.391. The molecule has 12 heteroatoms. The van der Waals surface area contributed by atoms with Crippen molar-refractivity contribution in [2.75, 3.05) is 23.3 Å². The Labute approximate surface area is 156 Å². The molecule has 1 fully saturated rings. The fraction of sp³-hybridized carbons (Fsp3) is 0.538. The van der Waals surface area contributed by atoms with Crippen LogP contribution >= 0.6 is 22.6 Å². The van der Waals surface area contributed by atoms with Gasteiger partial charge in [-0.1, -0.05) is 22.6 Å². The first kappa shape index (κ1) is 19.7. The third-order valence-corrected chi connectivity index (χ3v) is 4.04. The molecule has 0 unspecified atom stereocenters. The van der Waals surface area contributed by atoms with Crippen molar-refractivity contribution in [2.45, 2.75) is 24.5 Å². The van der Waals surface area contributed by atoms with E-state index in [-0.39, 0.29) is 5.82 Å². The second kappa shape index (κ2) is 9.19. The topological polar surface area (TPSA) is 169 Å². The number of nitrogens with two attached hydrogens (primary N) is 1. The van der Waals surface area contributed by atoms with Crippen LogP contribution in [0.4, 0.5) is 5.82 Å². The summed E-state index contributed by atoms with van der Waals surface area (Å²) >= 11 is 2.19. The number of hydrogen-bond donors (Lipinski definition) is 5. The minimum absolute atomic E-state index is 0.218. The number of nitrogens with zero attached hydrogens (tertiary/aromatic N) is 4. The van der Waals surface area contributed by atoms with Crippen LogP contribution in [-0.4, -0.2) is 77.1 Å². The highest BCUT2D eigenvalue weighted by Gasteiger charge is 2.43. The number of ether oxygens (including phenoxy) is 1. The van der Waals surface area contributed by atoms with Gasteiger partial charge in [-0.05, 0) is 0 Å². The molecule has 1 aliphatic rings. The van der Waals surface area contributed by atoms with Gasteiger partial charge in [0.25, 0.3) is 0 Å². The van der Waals surface area contributed by atoms with Crippen LogP contribution < -0.4 is 11.1 Å². The minimum atomic E-state index is -1.19. The standard InChI is InChI=1S/C10H13N5O4.C3H6INO/c11-8-5-9(13-2-12-8)15(3-14-5)10-7(18)6(17)4(1-16)19-10;4-1-2-5-3-6/h2-4,6-7,10,16-18H,1H2,(H2,11,12,13);3H,1-2H2,(H,5,6)/t4-,6-,7-,10-;/m1./s1. The van der Waals surface area contributed by atoms with E-state index in [1.807, 2.05) is 0 Å². The van der Waals surface area contributed by atoms with Crippen LogP contribution in [0.25, 0.3) is 11.2 Å². The van der Waals surface area contributed by atoms with Crippen LogP contribution in [0.5, 0.6) is 0 Å². The monoisotopic (exact) mass is 466 g/mol. The van der Waals surface area contributed by atoms with Gasteiger partial charge in [-0.15, -0.1) is 0 Å². The predicted octanol–water partition coefficient (Wildman–Crippen LogP) is -1.81. The zero-order chi connectivity index (χ0) is 18.4. The summed E-state index contributed by atoms with van der Waals surface area (Å²) in [5.74, 6) is 0.218. The fourth-order valence-corrected chi connectivity index (χ4v) is 2.59. The molecule has 6 N–H and O–H groups in total. The summed E-state index contributed by atoms with van der Waals surface area (Å²) in [6.07, 6.45) is -0.716. The number of aliphatic hydroxyl groups excluding tert-OH is 3. The normalized spacial score (nSPS) is 25.4. The maximum atomic E-state index is 9.95. The average Bonchev–Trinajstić information content (AvgIpc) is 3.17. The molecule has 0 saturated carbocycles. The second-order valence-corrected chi connectivity index (χ2v) is 6.15. The number of aromatic nitrogens is 4. The first-order chi connectivity index (χ1) is 12.0. The van der Waals surface area contributed by atoms with Crippen LogP contribution in [0.3, 0.4) is 0 Å². The Morgan fingerprint density at radius 3 is 2.68 bits per heavy atom. The molecule has 3 rings (SSSR count). The predicted molar refractivity (Wildman–Crippen MR) is 95.7 cm³/mol. The van der Waals surface area contributed by atoms with Gasteiger partial charge < -0.3 is 31.1 Å². The molecule has 1 saturated heterocycles. The Balaban J connectivity index is 0.000000326. The molecule has 138 valence electrons. The fourth-order valence-electron chi connectivity index (χ4n) is 2.28. The van der Waals surface area contributed by atoms with Crippen LogP contribution in [0.2, 0.25) is 0 Å². The highest BCUT2D eigenvalue weighted by atomic mass is 127. The van der Waals surface area contributed by atoms with Crippen molar-refractivity contribution >= 4 is 46.0 Å². The van der Waals surface area contributed by atoms with Crippen molar-refractivity contribution < 1.29 is 24.9 Å². The summed E-state index contributed by atoms with van der Waals surface area (Å²) in [7, 11) is 0. The quantitative estimate of drug-likeness (QED) is 0.148. The molecule has 0 bridgehead atoms. The van der Waals surface area contributed by atoms with Crippen LogP contribution in [0.15, 0.2) is 12.7 Å². The second-order valence-electron chi connectivity index (χ2n) is 5.07. The number of halogens is 1. The van der Waals surface area contributed by atoms with Crippen molar-refractivity contribution in [1.29, 1.82) is 0 Å². The summed E-state index contributed by atoms with van der Waals surface area (Å²) in [5, 5.41) is 31.2. The highest BCUT2D eigenvalue weighted by Crippen LogP contribution is 2.31.